The highest BCUT2D eigenvalue weighted by Crippen LogP contribution is 1.86. The van der Waals surface area contributed by atoms with Crippen LogP contribution in [0, 0.1) is 5.41 Å². The second kappa shape index (κ2) is 3.95. The smallest absolute Gasteiger partial charge is 0.167 e. The minimum absolute atomic E-state index is 0.433. The topological polar surface area (TPSA) is 47.9 Å². The zero-order valence-corrected chi connectivity index (χ0v) is 5.22. The molecule has 0 spiro atoms. The molecule has 0 amide bonds. The van der Waals surface area contributed by atoms with Crippen LogP contribution < -0.4 is 10.9 Å². The van der Waals surface area contributed by atoms with Gasteiger partial charge >= 0.3 is 0 Å². The van der Waals surface area contributed by atoms with Crippen LogP contribution in [-0.2, 0) is 0 Å². The Kier molecular flexibility index (Phi) is 3.83. The number of hydrogen-bond donors (Lipinski definition) is 3. The first kappa shape index (κ1) is 6.78. The summed E-state index contributed by atoms with van der Waals surface area (Å²) in [5.41, 5.74) is 5.21. The van der Waals surface area contributed by atoms with E-state index in [1.807, 2.05) is 6.26 Å². The fourth-order valence-electron chi connectivity index (χ4n) is 0.165. The Balaban J connectivity index is 3.00. The average Bonchev–Trinajstić information content (AvgIpc) is 1.68. The summed E-state index contributed by atoms with van der Waals surface area (Å²) in [5, 5.41) is 7.36. The number of hydrogen-bond acceptors (Lipinski definition) is 3. The Hall–Kier alpha value is -0.220. The van der Waals surface area contributed by atoms with Crippen molar-refractivity contribution in [2.24, 2.45) is 0 Å². The molecule has 0 fully saturated rings. The Morgan fingerprint density at radius 3 is 2.43 bits per heavy atom. The van der Waals surface area contributed by atoms with Crippen LogP contribution in [0.2, 0.25) is 0 Å². The van der Waals surface area contributed by atoms with Gasteiger partial charge in [-0.25, -0.2) is 5.43 Å². The Morgan fingerprint density at radius 1 is 1.71 bits per heavy atom. The standard InChI is InChI=1S/C3H9N3S/c1-5-6-3(4)7-2/h5H,1-2H3,(H2,4,6). The lowest BCUT2D eigenvalue weighted by Gasteiger charge is -1.98. The molecule has 0 radical (unpaired) electrons. The SMILES string of the molecule is CNNC(=N)SC. The molecule has 3 N–H and O–H groups in total. The van der Waals surface area contributed by atoms with Crippen LogP contribution in [-0.4, -0.2) is 18.5 Å². The predicted octanol–water partition coefficient (Wildman–Crippen LogP) is 0.00817. The van der Waals surface area contributed by atoms with Gasteiger partial charge in [-0.3, -0.25) is 5.41 Å². The van der Waals surface area contributed by atoms with Gasteiger partial charge in [0.05, 0.1) is 0 Å². The molecular weight excluding hydrogens is 110 g/mol. The highest BCUT2D eigenvalue weighted by molar-refractivity contribution is 8.13. The molecule has 0 heterocycles. The lowest BCUT2D eigenvalue weighted by atomic mass is 11.3. The minimum atomic E-state index is 0.433. The summed E-state index contributed by atoms with van der Waals surface area (Å²) in [6, 6.07) is 0. The summed E-state index contributed by atoms with van der Waals surface area (Å²) in [5.74, 6) is 0. The lowest BCUT2D eigenvalue weighted by molar-refractivity contribution is 0.774. The van der Waals surface area contributed by atoms with E-state index in [0.29, 0.717) is 5.17 Å². The first-order valence-electron chi connectivity index (χ1n) is 1.86. The van der Waals surface area contributed by atoms with Gasteiger partial charge in [0.25, 0.3) is 0 Å². The summed E-state index contributed by atoms with van der Waals surface area (Å²) in [6.07, 6.45) is 1.84. The van der Waals surface area contributed by atoms with E-state index in [9.17, 15) is 0 Å². The van der Waals surface area contributed by atoms with Gasteiger partial charge in [0.15, 0.2) is 5.17 Å². The molecule has 0 aromatic carbocycles. The number of rotatable bonds is 1. The molecule has 0 aliphatic heterocycles. The maximum atomic E-state index is 6.93. The molecule has 0 aliphatic carbocycles. The number of nitrogens with one attached hydrogen (secondary N) is 3. The van der Waals surface area contributed by atoms with Crippen LogP contribution in [0.5, 0.6) is 0 Å². The molecule has 0 aliphatic rings. The minimum Gasteiger partial charge on any atom is -0.301 e. The van der Waals surface area contributed by atoms with E-state index < -0.39 is 0 Å². The van der Waals surface area contributed by atoms with E-state index in [-0.39, 0.29) is 0 Å². The van der Waals surface area contributed by atoms with Crippen molar-refractivity contribution in [3.63, 3.8) is 0 Å². The number of thioether (sulfide) groups is 1. The van der Waals surface area contributed by atoms with Gasteiger partial charge in [-0.1, -0.05) is 11.8 Å². The van der Waals surface area contributed by atoms with Gasteiger partial charge in [-0.05, 0) is 6.26 Å². The molecule has 42 valence electrons. The van der Waals surface area contributed by atoms with E-state index >= 15 is 0 Å². The van der Waals surface area contributed by atoms with Crippen LogP contribution in [0.4, 0.5) is 0 Å². The first-order chi connectivity index (χ1) is 3.31. The van der Waals surface area contributed by atoms with Gasteiger partial charge in [0.1, 0.15) is 0 Å². The molecule has 0 saturated carbocycles. The van der Waals surface area contributed by atoms with E-state index in [2.05, 4.69) is 10.9 Å². The zero-order chi connectivity index (χ0) is 5.70. The third-order valence-electron chi connectivity index (χ3n) is 0.443. The fraction of sp³-hybridized carbons (Fsp3) is 0.667. The molecule has 4 heteroatoms. The average molecular weight is 119 g/mol. The Bertz CT molecular complexity index is 63.2. The number of amidine groups is 1. The largest absolute Gasteiger partial charge is 0.301 e. The van der Waals surface area contributed by atoms with Crippen molar-refractivity contribution in [3.8, 4) is 0 Å². The van der Waals surface area contributed by atoms with Gasteiger partial charge in [0, 0.05) is 7.05 Å². The molecule has 7 heavy (non-hydrogen) atoms. The molecule has 0 bridgehead atoms. The van der Waals surface area contributed by atoms with Gasteiger partial charge in [-0.2, -0.15) is 0 Å². The summed E-state index contributed by atoms with van der Waals surface area (Å²) in [4.78, 5) is 0. The lowest BCUT2D eigenvalue weighted by Crippen LogP contribution is -2.31. The van der Waals surface area contributed by atoms with Crippen LogP contribution in [0.25, 0.3) is 0 Å². The van der Waals surface area contributed by atoms with Crippen molar-refractivity contribution in [2.75, 3.05) is 13.3 Å². The summed E-state index contributed by atoms with van der Waals surface area (Å²) in [7, 11) is 1.73. The molecule has 0 saturated heterocycles. The normalized spacial score (nSPS) is 8.29. The van der Waals surface area contributed by atoms with Gasteiger partial charge in [0.2, 0.25) is 0 Å². The third kappa shape index (κ3) is 3.61. The highest BCUT2D eigenvalue weighted by atomic mass is 32.2. The van der Waals surface area contributed by atoms with Crippen molar-refractivity contribution >= 4 is 16.9 Å². The van der Waals surface area contributed by atoms with Crippen LogP contribution in [0.1, 0.15) is 0 Å². The molecule has 0 unspecified atom stereocenters. The van der Waals surface area contributed by atoms with Crippen LogP contribution >= 0.6 is 11.8 Å². The first-order valence-corrected chi connectivity index (χ1v) is 3.09. The van der Waals surface area contributed by atoms with Gasteiger partial charge in [-0.15, -0.1) is 0 Å². The Labute approximate surface area is 47.3 Å². The number of hydrazine groups is 1. The van der Waals surface area contributed by atoms with Crippen LogP contribution in [0.15, 0.2) is 0 Å². The molecule has 3 nitrogen and oxygen atoms in total. The summed E-state index contributed by atoms with van der Waals surface area (Å²) < 4.78 is 0. The van der Waals surface area contributed by atoms with Crippen molar-refractivity contribution in [2.45, 2.75) is 0 Å². The summed E-state index contributed by atoms with van der Waals surface area (Å²) >= 11 is 1.36. The van der Waals surface area contributed by atoms with Gasteiger partial charge < -0.3 is 5.43 Å². The molecule has 0 aromatic heterocycles. The van der Waals surface area contributed by atoms with E-state index in [1.165, 1.54) is 11.8 Å². The van der Waals surface area contributed by atoms with Crippen molar-refractivity contribution in [1.82, 2.24) is 10.9 Å². The van der Waals surface area contributed by atoms with Crippen molar-refractivity contribution in [3.05, 3.63) is 0 Å². The zero-order valence-electron chi connectivity index (χ0n) is 4.41. The van der Waals surface area contributed by atoms with E-state index in [0.717, 1.165) is 0 Å². The van der Waals surface area contributed by atoms with Crippen molar-refractivity contribution in [1.29, 1.82) is 5.41 Å². The van der Waals surface area contributed by atoms with E-state index in [1.54, 1.807) is 7.05 Å². The predicted molar refractivity (Wildman–Crippen MR) is 33.4 cm³/mol. The molecular formula is C3H9N3S. The molecule has 0 rings (SSSR count). The van der Waals surface area contributed by atoms with Crippen molar-refractivity contribution < 1.29 is 0 Å². The third-order valence-corrected chi connectivity index (χ3v) is 0.953. The van der Waals surface area contributed by atoms with E-state index in [4.69, 9.17) is 5.41 Å². The monoisotopic (exact) mass is 119 g/mol. The van der Waals surface area contributed by atoms with Crippen LogP contribution in [0.3, 0.4) is 0 Å². The Morgan fingerprint density at radius 2 is 2.29 bits per heavy atom. The maximum Gasteiger partial charge on any atom is 0.167 e. The second-order valence-corrected chi connectivity index (χ2v) is 1.72. The highest BCUT2D eigenvalue weighted by Gasteiger charge is 1.82. The fourth-order valence-corrected chi connectivity index (χ4v) is 0.369. The quantitative estimate of drug-likeness (QED) is 0.259. The molecule has 0 atom stereocenters. The summed E-state index contributed by atoms with van der Waals surface area (Å²) in [6.45, 7) is 0. The molecule has 0 aromatic rings. The maximum absolute atomic E-state index is 6.93. The second-order valence-electron chi connectivity index (χ2n) is 0.908.